The van der Waals surface area contributed by atoms with Crippen LogP contribution in [-0.2, 0) is 0 Å². The summed E-state index contributed by atoms with van der Waals surface area (Å²) in [6.45, 7) is 0. The largest absolute Gasteiger partial charge is 0.296 e. The van der Waals surface area contributed by atoms with E-state index in [9.17, 15) is 19.3 Å². The number of carbonyl (C=O) groups excluding carboxylic acids is 1. The van der Waals surface area contributed by atoms with Crippen LogP contribution in [0.4, 0.5) is 15.2 Å². The van der Waals surface area contributed by atoms with E-state index in [1.807, 2.05) is 0 Å². The van der Waals surface area contributed by atoms with Gasteiger partial charge in [0.05, 0.1) is 10.5 Å². The van der Waals surface area contributed by atoms with Gasteiger partial charge in [-0.05, 0) is 12.1 Å². The maximum absolute atomic E-state index is 13.6. The van der Waals surface area contributed by atoms with Crippen LogP contribution in [0.25, 0.3) is 10.6 Å². The van der Waals surface area contributed by atoms with Crippen molar-refractivity contribution in [3.8, 4) is 10.6 Å². The molecule has 0 aliphatic carbocycles. The first-order valence-electron chi connectivity index (χ1n) is 6.69. The molecule has 0 aliphatic heterocycles. The average molecular weight is 344 g/mol. The fourth-order valence-corrected chi connectivity index (χ4v) is 2.69. The highest BCUT2D eigenvalue weighted by molar-refractivity contribution is 7.18. The van der Waals surface area contributed by atoms with Crippen LogP contribution < -0.4 is 5.32 Å². The van der Waals surface area contributed by atoms with E-state index in [1.54, 1.807) is 12.1 Å². The van der Waals surface area contributed by atoms with Crippen molar-refractivity contribution in [3.05, 3.63) is 70.0 Å². The number of aromatic nitrogens is 2. The van der Waals surface area contributed by atoms with Crippen LogP contribution in [0.3, 0.4) is 0 Å². The Morgan fingerprint density at radius 3 is 2.71 bits per heavy atom. The Balaban J connectivity index is 1.81. The number of hydrogen-bond donors (Lipinski definition) is 1. The minimum Gasteiger partial charge on any atom is -0.296 e. The van der Waals surface area contributed by atoms with E-state index < -0.39 is 16.6 Å². The molecule has 1 heterocycles. The fraction of sp³-hybridized carbons (Fsp3) is 0. The first-order valence-corrected chi connectivity index (χ1v) is 7.50. The van der Waals surface area contributed by atoms with Crippen molar-refractivity contribution < 1.29 is 14.1 Å². The maximum atomic E-state index is 13.6. The molecule has 7 nitrogen and oxygen atoms in total. The normalized spacial score (nSPS) is 10.4. The number of nitro benzene ring substituents is 1. The second kappa shape index (κ2) is 6.50. The van der Waals surface area contributed by atoms with Crippen LogP contribution in [0.1, 0.15) is 10.4 Å². The van der Waals surface area contributed by atoms with Gasteiger partial charge in [-0.1, -0.05) is 35.6 Å². The van der Waals surface area contributed by atoms with Crippen molar-refractivity contribution in [1.29, 1.82) is 0 Å². The van der Waals surface area contributed by atoms with Gasteiger partial charge in [-0.25, -0.2) is 4.39 Å². The lowest BCUT2D eigenvalue weighted by Crippen LogP contribution is -2.13. The molecule has 120 valence electrons. The zero-order chi connectivity index (χ0) is 17.1. The minimum absolute atomic E-state index is 0.0698. The van der Waals surface area contributed by atoms with E-state index in [-0.39, 0.29) is 16.4 Å². The second-order valence-corrected chi connectivity index (χ2v) is 5.63. The quantitative estimate of drug-likeness (QED) is 0.577. The Morgan fingerprint density at radius 1 is 1.17 bits per heavy atom. The third-order valence-electron chi connectivity index (χ3n) is 3.07. The molecule has 0 fully saturated rings. The molecule has 1 aromatic heterocycles. The SMILES string of the molecule is O=C(Nc1nnc(-c2cccc([N+](=O)[O-])c2)s1)c1ccccc1F. The number of hydrogen-bond acceptors (Lipinski definition) is 6. The molecule has 2 aromatic carbocycles. The van der Waals surface area contributed by atoms with Gasteiger partial charge >= 0.3 is 0 Å². The van der Waals surface area contributed by atoms with Crippen LogP contribution in [0.5, 0.6) is 0 Å². The summed E-state index contributed by atoms with van der Waals surface area (Å²) in [5.41, 5.74) is 0.331. The highest BCUT2D eigenvalue weighted by atomic mass is 32.1. The maximum Gasteiger partial charge on any atom is 0.270 e. The predicted molar refractivity (Wildman–Crippen MR) is 86.4 cm³/mol. The number of non-ortho nitro benzene ring substituents is 1. The molecule has 0 radical (unpaired) electrons. The van der Waals surface area contributed by atoms with Gasteiger partial charge < -0.3 is 0 Å². The Morgan fingerprint density at radius 2 is 1.96 bits per heavy atom. The van der Waals surface area contributed by atoms with Crippen LogP contribution in [0.15, 0.2) is 48.5 Å². The molecule has 0 spiro atoms. The van der Waals surface area contributed by atoms with Crippen LogP contribution in [-0.4, -0.2) is 21.0 Å². The van der Waals surface area contributed by atoms with E-state index in [4.69, 9.17) is 0 Å². The van der Waals surface area contributed by atoms with Gasteiger partial charge in [-0.15, -0.1) is 10.2 Å². The minimum atomic E-state index is -0.644. The summed E-state index contributed by atoms with van der Waals surface area (Å²) in [7, 11) is 0. The molecule has 0 bridgehead atoms. The summed E-state index contributed by atoms with van der Waals surface area (Å²) in [4.78, 5) is 22.3. The number of halogens is 1. The van der Waals surface area contributed by atoms with Gasteiger partial charge in [-0.2, -0.15) is 0 Å². The number of nitrogens with zero attached hydrogens (tertiary/aromatic N) is 3. The highest BCUT2D eigenvalue weighted by Gasteiger charge is 2.15. The lowest BCUT2D eigenvalue weighted by atomic mass is 10.2. The van der Waals surface area contributed by atoms with Crippen molar-refractivity contribution >= 4 is 28.1 Å². The molecule has 0 saturated carbocycles. The number of rotatable bonds is 4. The van der Waals surface area contributed by atoms with Gasteiger partial charge in [0.15, 0.2) is 0 Å². The molecule has 1 N–H and O–H groups in total. The molecule has 0 aliphatic rings. The molecule has 3 rings (SSSR count). The Hall–Kier alpha value is -3.20. The van der Waals surface area contributed by atoms with Gasteiger partial charge in [0.2, 0.25) is 5.13 Å². The number of anilines is 1. The van der Waals surface area contributed by atoms with Gasteiger partial charge in [0.1, 0.15) is 10.8 Å². The van der Waals surface area contributed by atoms with E-state index in [0.717, 1.165) is 11.3 Å². The first-order chi connectivity index (χ1) is 11.5. The fourth-order valence-electron chi connectivity index (χ4n) is 1.95. The number of carbonyl (C=O) groups is 1. The number of benzene rings is 2. The molecule has 0 unspecified atom stereocenters. The van der Waals surface area contributed by atoms with Crippen LogP contribution in [0, 0.1) is 15.9 Å². The number of amides is 1. The topological polar surface area (TPSA) is 98.0 Å². The predicted octanol–water partition coefficient (Wildman–Crippen LogP) is 3.50. The number of nitro groups is 1. The van der Waals surface area contributed by atoms with Crippen molar-refractivity contribution in [2.45, 2.75) is 0 Å². The van der Waals surface area contributed by atoms with Gasteiger partial charge in [-0.3, -0.25) is 20.2 Å². The Kier molecular flexibility index (Phi) is 4.25. The van der Waals surface area contributed by atoms with E-state index >= 15 is 0 Å². The summed E-state index contributed by atoms with van der Waals surface area (Å²) in [6.07, 6.45) is 0. The molecular weight excluding hydrogens is 335 g/mol. The highest BCUT2D eigenvalue weighted by Crippen LogP contribution is 2.29. The zero-order valence-corrected chi connectivity index (χ0v) is 12.8. The standard InChI is InChI=1S/C15H9FN4O3S/c16-12-7-2-1-6-11(12)13(21)17-15-19-18-14(24-15)9-4-3-5-10(8-9)20(22)23/h1-8H,(H,17,19,21). The smallest absolute Gasteiger partial charge is 0.270 e. The van der Waals surface area contributed by atoms with Crippen molar-refractivity contribution in [1.82, 2.24) is 10.2 Å². The monoisotopic (exact) mass is 344 g/mol. The number of nitrogens with one attached hydrogen (secondary N) is 1. The van der Waals surface area contributed by atoms with Crippen LogP contribution >= 0.6 is 11.3 Å². The summed E-state index contributed by atoms with van der Waals surface area (Å²) < 4.78 is 13.6. The van der Waals surface area contributed by atoms with Crippen LogP contribution in [0.2, 0.25) is 0 Å². The van der Waals surface area contributed by atoms with E-state index in [2.05, 4.69) is 15.5 Å². The average Bonchev–Trinajstić information content (AvgIpc) is 3.04. The Labute approximate surface area is 138 Å². The summed E-state index contributed by atoms with van der Waals surface area (Å²) in [5, 5.41) is 21.5. The van der Waals surface area contributed by atoms with Crippen molar-refractivity contribution in [3.63, 3.8) is 0 Å². The van der Waals surface area contributed by atoms with E-state index in [1.165, 1.54) is 36.4 Å². The van der Waals surface area contributed by atoms with Crippen molar-refractivity contribution in [2.75, 3.05) is 5.32 Å². The summed E-state index contributed by atoms with van der Waals surface area (Å²) in [6, 6.07) is 11.5. The third-order valence-corrected chi connectivity index (χ3v) is 3.96. The molecule has 9 heteroatoms. The zero-order valence-electron chi connectivity index (χ0n) is 12.0. The summed E-state index contributed by atoms with van der Waals surface area (Å²) >= 11 is 1.04. The second-order valence-electron chi connectivity index (χ2n) is 4.65. The molecule has 24 heavy (non-hydrogen) atoms. The lowest BCUT2D eigenvalue weighted by molar-refractivity contribution is -0.384. The molecule has 3 aromatic rings. The van der Waals surface area contributed by atoms with Gasteiger partial charge in [0.25, 0.3) is 11.6 Å². The van der Waals surface area contributed by atoms with Crippen molar-refractivity contribution in [2.24, 2.45) is 0 Å². The third kappa shape index (κ3) is 3.25. The van der Waals surface area contributed by atoms with E-state index in [0.29, 0.717) is 10.6 Å². The summed E-state index contributed by atoms with van der Waals surface area (Å²) in [5.74, 6) is -1.28. The Bertz CT molecular complexity index is 928. The molecule has 0 saturated heterocycles. The molecule has 1 amide bonds. The molecular formula is C15H9FN4O3S. The van der Waals surface area contributed by atoms with Gasteiger partial charge in [0, 0.05) is 17.7 Å². The lowest BCUT2D eigenvalue weighted by Gasteiger charge is -2.01. The first kappa shape index (κ1) is 15.7. The molecule has 0 atom stereocenters.